The molecule has 0 aromatic heterocycles. The molecule has 6 heteroatoms. The highest BCUT2D eigenvalue weighted by Gasteiger charge is 2.23. The molecule has 3 rings (SSSR count). The van der Waals surface area contributed by atoms with Crippen LogP contribution in [-0.2, 0) is 6.54 Å². The minimum Gasteiger partial charge on any atom is -0.496 e. The van der Waals surface area contributed by atoms with Crippen LogP contribution in [-0.4, -0.2) is 49.0 Å². The highest BCUT2D eigenvalue weighted by atomic mass is 19.1. The number of rotatable bonds is 4. The summed E-state index contributed by atoms with van der Waals surface area (Å²) in [5.74, 6) is -0.0828. The van der Waals surface area contributed by atoms with Crippen molar-refractivity contribution in [2.24, 2.45) is 0 Å². The minimum absolute atomic E-state index is 0.0945. The van der Waals surface area contributed by atoms with Gasteiger partial charge in [-0.05, 0) is 42.5 Å². The lowest BCUT2D eigenvalue weighted by molar-refractivity contribution is 0.0627. The molecule has 2 aromatic carbocycles. The number of ether oxygens (including phenoxy) is 1. The summed E-state index contributed by atoms with van der Waals surface area (Å²) in [4.78, 5) is 16.4. The van der Waals surface area contributed by atoms with E-state index in [4.69, 9.17) is 4.74 Å². The molecule has 132 valence electrons. The van der Waals surface area contributed by atoms with Crippen molar-refractivity contribution in [1.29, 1.82) is 0 Å². The Bertz CT molecular complexity index is 742. The maximum atomic E-state index is 13.5. The summed E-state index contributed by atoms with van der Waals surface area (Å²) >= 11 is 0. The van der Waals surface area contributed by atoms with Gasteiger partial charge in [-0.3, -0.25) is 9.69 Å². The van der Waals surface area contributed by atoms with Gasteiger partial charge in [0.15, 0.2) is 0 Å². The fourth-order valence-electron chi connectivity index (χ4n) is 3.00. The standard InChI is InChI=1S/C19H20F2N2O2/c1-25-18-7-6-17(21)12-15(18)13-22-8-10-23(11-9-22)19(24)14-2-4-16(20)5-3-14/h2-7,12H,8-11,13H2,1H3. The number of benzene rings is 2. The summed E-state index contributed by atoms with van der Waals surface area (Å²) < 4.78 is 31.7. The summed E-state index contributed by atoms with van der Waals surface area (Å²) in [5, 5.41) is 0. The van der Waals surface area contributed by atoms with E-state index >= 15 is 0 Å². The summed E-state index contributed by atoms with van der Waals surface area (Å²) in [6.45, 7) is 3.10. The van der Waals surface area contributed by atoms with Gasteiger partial charge in [0.25, 0.3) is 5.91 Å². The number of hydrogen-bond acceptors (Lipinski definition) is 3. The molecule has 4 nitrogen and oxygen atoms in total. The first-order chi connectivity index (χ1) is 12.1. The summed E-state index contributed by atoms with van der Waals surface area (Å²) in [6.07, 6.45) is 0. The second-order valence-electron chi connectivity index (χ2n) is 6.03. The van der Waals surface area contributed by atoms with E-state index in [1.54, 1.807) is 18.1 Å². The van der Waals surface area contributed by atoms with Gasteiger partial charge in [0.2, 0.25) is 0 Å². The number of methoxy groups -OCH3 is 1. The van der Waals surface area contributed by atoms with Crippen molar-refractivity contribution in [3.63, 3.8) is 0 Å². The van der Waals surface area contributed by atoms with Gasteiger partial charge in [0.05, 0.1) is 7.11 Å². The molecule has 2 aromatic rings. The van der Waals surface area contributed by atoms with Gasteiger partial charge < -0.3 is 9.64 Å². The van der Waals surface area contributed by atoms with Crippen LogP contribution in [0.5, 0.6) is 5.75 Å². The molecule has 1 saturated heterocycles. The minimum atomic E-state index is -0.356. The molecule has 1 heterocycles. The van der Waals surface area contributed by atoms with Crippen LogP contribution in [0.15, 0.2) is 42.5 Å². The lowest BCUT2D eigenvalue weighted by atomic mass is 10.1. The van der Waals surface area contributed by atoms with E-state index in [1.807, 2.05) is 0 Å². The molecule has 0 atom stereocenters. The predicted molar refractivity (Wildman–Crippen MR) is 90.5 cm³/mol. The molecule has 1 aliphatic rings. The van der Waals surface area contributed by atoms with Gasteiger partial charge in [-0.2, -0.15) is 0 Å². The number of carbonyl (C=O) groups is 1. The third-order valence-corrected chi connectivity index (χ3v) is 4.39. The molecule has 0 N–H and O–H groups in total. The van der Waals surface area contributed by atoms with Crippen molar-refractivity contribution < 1.29 is 18.3 Å². The van der Waals surface area contributed by atoms with Crippen molar-refractivity contribution in [3.05, 3.63) is 65.2 Å². The Kier molecular flexibility index (Phi) is 5.28. The molecule has 1 aliphatic heterocycles. The average Bonchev–Trinajstić information content (AvgIpc) is 2.63. The normalized spacial score (nSPS) is 15.2. The first-order valence-electron chi connectivity index (χ1n) is 8.16. The number of halogens is 2. The third kappa shape index (κ3) is 4.14. The fraction of sp³-hybridized carbons (Fsp3) is 0.316. The van der Waals surface area contributed by atoms with Crippen molar-refractivity contribution in [2.45, 2.75) is 6.54 Å². The van der Waals surface area contributed by atoms with E-state index in [-0.39, 0.29) is 17.5 Å². The van der Waals surface area contributed by atoms with Crippen LogP contribution in [0.1, 0.15) is 15.9 Å². The van der Waals surface area contributed by atoms with E-state index in [0.29, 0.717) is 44.0 Å². The molecular formula is C19H20F2N2O2. The summed E-state index contributed by atoms with van der Waals surface area (Å²) in [5.41, 5.74) is 1.28. The molecule has 0 radical (unpaired) electrons. The molecular weight excluding hydrogens is 326 g/mol. The van der Waals surface area contributed by atoms with Crippen molar-refractivity contribution in [1.82, 2.24) is 9.80 Å². The Morgan fingerprint density at radius 2 is 1.64 bits per heavy atom. The number of amides is 1. The maximum Gasteiger partial charge on any atom is 0.253 e. The third-order valence-electron chi connectivity index (χ3n) is 4.39. The first kappa shape index (κ1) is 17.4. The van der Waals surface area contributed by atoms with Gasteiger partial charge in [-0.15, -0.1) is 0 Å². The second-order valence-corrected chi connectivity index (χ2v) is 6.03. The Hall–Kier alpha value is -2.47. The average molecular weight is 346 g/mol. The van der Waals surface area contributed by atoms with Crippen LogP contribution in [0.4, 0.5) is 8.78 Å². The van der Waals surface area contributed by atoms with Crippen LogP contribution < -0.4 is 4.74 Å². The van der Waals surface area contributed by atoms with E-state index in [0.717, 1.165) is 5.56 Å². The van der Waals surface area contributed by atoms with Gasteiger partial charge >= 0.3 is 0 Å². The topological polar surface area (TPSA) is 32.8 Å². The van der Waals surface area contributed by atoms with E-state index < -0.39 is 0 Å². The zero-order valence-electron chi connectivity index (χ0n) is 14.0. The summed E-state index contributed by atoms with van der Waals surface area (Å²) in [7, 11) is 1.57. The van der Waals surface area contributed by atoms with Gasteiger partial charge in [0, 0.05) is 43.9 Å². The van der Waals surface area contributed by atoms with Gasteiger partial charge in [0.1, 0.15) is 17.4 Å². The summed E-state index contributed by atoms with van der Waals surface area (Å²) in [6, 6.07) is 10.1. The molecule has 0 aliphatic carbocycles. The zero-order chi connectivity index (χ0) is 17.8. The lowest BCUT2D eigenvalue weighted by Gasteiger charge is -2.35. The molecule has 0 spiro atoms. The van der Waals surface area contributed by atoms with Crippen molar-refractivity contribution in [3.8, 4) is 5.75 Å². The van der Waals surface area contributed by atoms with Crippen LogP contribution >= 0.6 is 0 Å². The van der Waals surface area contributed by atoms with Crippen LogP contribution in [0, 0.1) is 11.6 Å². The lowest BCUT2D eigenvalue weighted by Crippen LogP contribution is -2.48. The van der Waals surface area contributed by atoms with Crippen LogP contribution in [0.25, 0.3) is 0 Å². The Morgan fingerprint density at radius 1 is 1.00 bits per heavy atom. The van der Waals surface area contributed by atoms with Crippen molar-refractivity contribution in [2.75, 3.05) is 33.3 Å². The Morgan fingerprint density at radius 3 is 2.28 bits per heavy atom. The quantitative estimate of drug-likeness (QED) is 0.853. The first-order valence-corrected chi connectivity index (χ1v) is 8.16. The van der Waals surface area contributed by atoms with E-state index in [9.17, 15) is 13.6 Å². The zero-order valence-corrected chi connectivity index (χ0v) is 14.0. The SMILES string of the molecule is COc1ccc(F)cc1CN1CCN(C(=O)c2ccc(F)cc2)CC1. The monoisotopic (exact) mass is 346 g/mol. The molecule has 0 bridgehead atoms. The van der Waals surface area contributed by atoms with E-state index in [1.165, 1.54) is 36.4 Å². The Labute approximate surface area is 145 Å². The fourth-order valence-corrected chi connectivity index (χ4v) is 3.00. The molecule has 25 heavy (non-hydrogen) atoms. The van der Waals surface area contributed by atoms with E-state index in [2.05, 4.69) is 4.90 Å². The smallest absolute Gasteiger partial charge is 0.253 e. The molecule has 1 amide bonds. The molecule has 0 saturated carbocycles. The second kappa shape index (κ2) is 7.61. The highest BCUT2D eigenvalue weighted by molar-refractivity contribution is 5.94. The Balaban J connectivity index is 1.59. The van der Waals surface area contributed by atoms with Crippen LogP contribution in [0.3, 0.4) is 0 Å². The number of piperazine rings is 1. The largest absolute Gasteiger partial charge is 0.496 e. The van der Waals surface area contributed by atoms with Gasteiger partial charge in [-0.1, -0.05) is 0 Å². The van der Waals surface area contributed by atoms with Crippen molar-refractivity contribution >= 4 is 5.91 Å². The predicted octanol–water partition coefficient (Wildman–Crippen LogP) is 2.93. The molecule has 1 fully saturated rings. The van der Waals surface area contributed by atoms with Gasteiger partial charge in [-0.25, -0.2) is 8.78 Å². The maximum absolute atomic E-state index is 13.5. The number of hydrogen-bond donors (Lipinski definition) is 0. The van der Waals surface area contributed by atoms with Crippen LogP contribution in [0.2, 0.25) is 0 Å². The number of nitrogens with zero attached hydrogens (tertiary/aromatic N) is 2. The number of carbonyl (C=O) groups excluding carboxylic acids is 1. The molecule has 0 unspecified atom stereocenters. The highest BCUT2D eigenvalue weighted by Crippen LogP contribution is 2.22.